The van der Waals surface area contributed by atoms with E-state index in [1.54, 1.807) is 0 Å². The normalized spacial score (nSPS) is 38.7. The van der Waals surface area contributed by atoms with Crippen molar-refractivity contribution < 1.29 is 19.4 Å². The van der Waals surface area contributed by atoms with E-state index in [-0.39, 0.29) is 17.8 Å². The summed E-state index contributed by atoms with van der Waals surface area (Å²) in [5, 5.41) is 9.29. The molecular weight excluding hydrogens is 196 g/mol. The van der Waals surface area contributed by atoms with Gasteiger partial charge < -0.3 is 9.84 Å². The molecule has 0 amide bonds. The molecule has 15 heavy (non-hydrogen) atoms. The quantitative estimate of drug-likeness (QED) is 0.703. The van der Waals surface area contributed by atoms with E-state index in [0.717, 1.165) is 19.3 Å². The van der Waals surface area contributed by atoms with Crippen LogP contribution in [0.25, 0.3) is 0 Å². The first-order chi connectivity index (χ1) is 7.12. The number of carbonyl (C=O) groups is 2. The zero-order chi connectivity index (χ0) is 11.1. The Morgan fingerprint density at radius 3 is 2.67 bits per heavy atom. The van der Waals surface area contributed by atoms with E-state index < -0.39 is 11.4 Å². The number of methoxy groups -OCH3 is 1. The Kier molecular flexibility index (Phi) is 2.44. The predicted molar refractivity (Wildman–Crippen MR) is 52.1 cm³/mol. The molecule has 0 heterocycles. The third-order valence-corrected chi connectivity index (χ3v) is 4.16. The smallest absolute Gasteiger partial charge is 0.309 e. The van der Waals surface area contributed by atoms with Gasteiger partial charge in [-0.25, -0.2) is 0 Å². The number of carboxylic acid groups (broad SMARTS) is 1. The van der Waals surface area contributed by atoms with Crippen LogP contribution in [-0.2, 0) is 14.3 Å². The summed E-state index contributed by atoms with van der Waals surface area (Å²) in [6.07, 6.45) is 3.80. The van der Waals surface area contributed by atoms with Crippen LogP contribution in [0.4, 0.5) is 0 Å². The van der Waals surface area contributed by atoms with E-state index in [4.69, 9.17) is 4.74 Å². The fraction of sp³-hybridized carbons (Fsp3) is 0.818. The topological polar surface area (TPSA) is 63.6 Å². The van der Waals surface area contributed by atoms with Crippen molar-refractivity contribution in [1.82, 2.24) is 0 Å². The molecule has 0 aliphatic heterocycles. The SMILES string of the molecule is COC(=O)C1CCC2(C(=O)O)CCCC12. The van der Waals surface area contributed by atoms with Crippen LogP contribution in [0, 0.1) is 17.3 Å². The Bertz CT molecular complexity index is 299. The van der Waals surface area contributed by atoms with E-state index in [1.807, 2.05) is 0 Å². The summed E-state index contributed by atoms with van der Waals surface area (Å²) in [5.41, 5.74) is -0.626. The third-order valence-electron chi connectivity index (χ3n) is 4.16. The highest BCUT2D eigenvalue weighted by Crippen LogP contribution is 2.57. The number of hydrogen-bond donors (Lipinski definition) is 1. The molecule has 2 aliphatic carbocycles. The van der Waals surface area contributed by atoms with Crippen LogP contribution >= 0.6 is 0 Å². The number of carbonyl (C=O) groups excluding carboxylic acids is 1. The van der Waals surface area contributed by atoms with Crippen LogP contribution in [-0.4, -0.2) is 24.2 Å². The largest absolute Gasteiger partial charge is 0.481 e. The summed E-state index contributed by atoms with van der Waals surface area (Å²) >= 11 is 0. The monoisotopic (exact) mass is 212 g/mol. The molecule has 2 saturated carbocycles. The highest BCUT2D eigenvalue weighted by atomic mass is 16.5. The number of esters is 1. The van der Waals surface area contributed by atoms with E-state index in [1.165, 1.54) is 7.11 Å². The van der Waals surface area contributed by atoms with Gasteiger partial charge in [-0.05, 0) is 31.6 Å². The fourth-order valence-corrected chi connectivity index (χ4v) is 3.42. The summed E-state index contributed by atoms with van der Waals surface area (Å²) < 4.78 is 4.74. The van der Waals surface area contributed by atoms with Crippen LogP contribution in [0.3, 0.4) is 0 Å². The van der Waals surface area contributed by atoms with Gasteiger partial charge in [-0.2, -0.15) is 0 Å². The van der Waals surface area contributed by atoms with Crippen molar-refractivity contribution in [2.75, 3.05) is 7.11 Å². The molecule has 0 spiro atoms. The second-order valence-electron chi connectivity index (χ2n) is 4.63. The number of carboxylic acids is 1. The van der Waals surface area contributed by atoms with Crippen LogP contribution < -0.4 is 0 Å². The second-order valence-corrected chi connectivity index (χ2v) is 4.63. The lowest BCUT2D eigenvalue weighted by atomic mass is 9.78. The lowest BCUT2D eigenvalue weighted by molar-refractivity contribution is -0.153. The molecular formula is C11H16O4. The summed E-state index contributed by atoms with van der Waals surface area (Å²) in [7, 11) is 1.37. The van der Waals surface area contributed by atoms with Crippen molar-refractivity contribution in [2.45, 2.75) is 32.1 Å². The number of rotatable bonds is 2. The van der Waals surface area contributed by atoms with Crippen molar-refractivity contribution in [3.8, 4) is 0 Å². The van der Waals surface area contributed by atoms with Gasteiger partial charge in [0.15, 0.2) is 0 Å². The molecule has 3 unspecified atom stereocenters. The summed E-state index contributed by atoms with van der Waals surface area (Å²) in [6.45, 7) is 0. The molecule has 2 rings (SSSR count). The highest BCUT2D eigenvalue weighted by molar-refractivity contribution is 5.80. The average molecular weight is 212 g/mol. The molecule has 1 N–H and O–H groups in total. The van der Waals surface area contributed by atoms with Gasteiger partial charge >= 0.3 is 11.9 Å². The van der Waals surface area contributed by atoms with Gasteiger partial charge in [0.25, 0.3) is 0 Å². The van der Waals surface area contributed by atoms with Crippen LogP contribution in [0.1, 0.15) is 32.1 Å². The lowest BCUT2D eigenvalue weighted by Crippen LogP contribution is -2.34. The molecule has 0 aromatic carbocycles. The average Bonchev–Trinajstić information content (AvgIpc) is 2.74. The maximum absolute atomic E-state index is 11.5. The molecule has 2 fully saturated rings. The number of ether oxygens (including phenoxy) is 1. The fourth-order valence-electron chi connectivity index (χ4n) is 3.42. The first kappa shape index (κ1) is 10.5. The minimum atomic E-state index is -0.726. The molecule has 2 aliphatic rings. The molecule has 84 valence electrons. The molecule has 0 aromatic rings. The number of hydrogen-bond acceptors (Lipinski definition) is 3. The van der Waals surface area contributed by atoms with Crippen molar-refractivity contribution in [2.24, 2.45) is 17.3 Å². The molecule has 0 aromatic heterocycles. The molecule has 0 bridgehead atoms. The van der Waals surface area contributed by atoms with Gasteiger partial charge in [0.2, 0.25) is 0 Å². The predicted octanol–water partition coefficient (Wildman–Crippen LogP) is 1.44. The zero-order valence-electron chi connectivity index (χ0n) is 8.86. The lowest BCUT2D eigenvalue weighted by Gasteiger charge is -2.25. The minimum Gasteiger partial charge on any atom is -0.481 e. The van der Waals surface area contributed by atoms with Gasteiger partial charge in [-0.3, -0.25) is 9.59 Å². The van der Waals surface area contributed by atoms with Crippen molar-refractivity contribution in [1.29, 1.82) is 0 Å². The summed E-state index contributed by atoms with van der Waals surface area (Å²) in [5.74, 6) is -1.14. The molecule has 4 heteroatoms. The third kappa shape index (κ3) is 1.34. The Morgan fingerprint density at radius 1 is 1.33 bits per heavy atom. The van der Waals surface area contributed by atoms with E-state index in [2.05, 4.69) is 0 Å². The van der Waals surface area contributed by atoms with Crippen molar-refractivity contribution in [3.05, 3.63) is 0 Å². The van der Waals surface area contributed by atoms with E-state index in [0.29, 0.717) is 12.8 Å². The first-order valence-electron chi connectivity index (χ1n) is 5.43. The Labute approximate surface area is 88.6 Å². The maximum Gasteiger partial charge on any atom is 0.309 e. The summed E-state index contributed by atoms with van der Waals surface area (Å²) in [6, 6.07) is 0. The van der Waals surface area contributed by atoms with Crippen LogP contribution in [0.15, 0.2) is 0 Å². The van der Waals surface area contributed by atoms with Gasteiger partial charge in [-0.1, -0.05) is 6.42 Å². The van der Waals surface area contributed by atoms with Gasteiger partial charge in [0.1, 0.15) is 0 Å². The maximum atomic E-state index is 11.5. The Balaban J connectivity index is 2.23. The number of aliphatic carboxylic acids is 1. The van der Waals surface area contributed by atoms with Gasteiger partial charge in [0, 0.05) is 0 Å². The molecule has 0 saturated heterocycles. The molecule has 0 radical (unpaired) electrons. The van der Waals surface area contributed by atoms with E-state index >= 15 is 0 Å². The standard InChI is InChI=1S/C11H16O4/c1-15-9(12)7-4-6-11(10(13)14)5-2-3-8(7)11/h7-8H,2-6H2,1H3,(H,13,14). The van der Waals surface area contributed by atoms with Crippen LogP contribution in [0.2, 0.25) is 0 Å². The zero-order valence-corrected chi connectivity index (χ0v) is 8.86. The Morgan fingerprint density at radius 2 is 2.07 bits per heavy atom. The highest BCUT2D eigenvalue weighted by Gasteiger charge is 2.58. The van der Waals surface area contributed by atoms with E-state index in [9.17, 15) is 14.7 Å². The van der Waals surface area contributed by atoms with Crippen LogP contribution in [0.5, 0.6) is 0 Å². The summed E-state index contributed by atoms with van der Waals surface area (Å²) in [4.78, 5) is 22.8. The van der Waals surface area contributed by atoms with Gasteiger partial charge in [0.05, 0.1) is 18.4 Å². The molecule has 4 nitrogen and oxygen atoms in total. The Hall–Kier alpha value is -1.06. The second kappa shape index (κ2) is 3.51. The minimum absolute atomic E-state index is 0.00227. The molecule has 3 atom stereocenters. The van der Waals surface area contributed by atoms with Crippen molar-refractivity contribution in [3.63, 3.8) is 0 Å². The van der Waals surface area contributed by atoms with Crippen molar-refractivity contribution >= 4 is 11.9 Å². The first-order valence-corrected chi connectivity index (χ1v) is 5.43. The van der Waals surface area contributed by atoms with Gasteiger partial charge in [-0.15, -0.1) is 0 Å². The number of fused-ring (bicyclic) bond motifs is 1.